The number of hydrogen-bond acceptors (Lipinski definition) is 4. The Morgan fingerprint density at radius 2 is 1.68 bits per heavy atom. The number of amides is 1. The minimum atomic E-state index is -0.861. The molecule has 0 saturated carbocycles. The number of benzene rings is 1. The second-order valence-electron chi connectivity index (χ2n) is 6.08. The van der Waals surface area contributed by atoms with E-state index >= 15 is 0 Å². The zero-order chi connectivity index (χ0) is 14.9. The van der Waals surface area contributed by atoms with Crippen molar-refractivity contribution in [2.75, 3.05) is 18.4 Å². The normalized spacial score (nSPS) is 23.6. The number of dihydropyridines is 1. The molecule has 6 heteroatoms. The summed E-state index contributed by atoms with van der Waals surface area (Å²) in [5.74, 6) is 1.40. The van der Waals surface area contributed by atoms with Crippen molar-refractivity contribution >= 4 is 11.6 Å². The molecule has 1 aromatic rings. The van der Waals surface area contributed by atoms with E-state index in [-0.39, 0.29) is 11.7 Å². The molecule has 0 radical (unpaired) electrons. The second kappa shape index (κ2) is 3.82. The molecular formula is C16H15FN4O. The maximum Gasteiger partial charge on any atom is 0.243 e. The first-order valence-corrected chi connectivity index (χ1v) is 7.55. The molecule has 1 spiro atoms. The van der Waals surface area contributed by atoms with E-state index in [1.165, 1.54) is 12.1 Å². The zero-order valence-corrected chi connectivity index (χ0v) is 11.8. The molecule has 4 aliphatic heterocycles. The van der Waals surface area contributed by atoms with Gasteiger partial charge in [-0.15, -0.1) is 0 Å². The van der Waals surface area contributed by atoms with E-state index in [0.717, 1.165) is 54.3 Å². The van der Waals surface area contributed by atoms with Gasteiger partial charge < -0.3 is 21.3 Å². The number of anilines is 1. The minimum Gasteiger partial charge on any atom is -0.371 e. The number of nitrogens with one attached hydrogen (secondary N) is 4. The number of carbonyl (C=O) groups excluding carboxylic acids is 1. The minimum absolute atomic E-state index is 0.0676. The molecule has 1 aromatic carbocycles. The lowest BCUT2D eigenvalue weighted by Gasteiger charge is -2.35. The Bertz CT molecular complexity index is 765. The van der Waals surface area contributed by atoms with Crippen LogP contribution < -0.4 is 21.3 Å². The van der Waals surface area contributed by atoms with Gasteiger partial charge in [0.2, 0.25) is 5.91 Å². The Morgan fingerprint density at radius 3 is 2.36 bits per heavy atom. The van der Waals surface area contributed by atoms with Crippen LogP contribution in [0.15, 0.2) is 41.0 Å². The van der Waals surface area contributed by atoms with Gasteiger partial charge in [-0.25, -0.2) is 4.39 Å². The van der Waals surface area contributed by atoms with E-state index in [0.29, 0.717) is 5.69 Å². The lowest BCUT2D eigenvalue weighted by molar-refractivity contribution is -0.118. The summed E-state index contributed by atoms with van der Waals surface area (Å²) in [6.45, 7) is 1.58. The Labute approximate surface area is 126 Å². The molecule has 0 aromatic heterocycles. The van der Waals surface area contributed by atoms with Crippen LogP contribution in [0.25, 0.3) is 0 Å². The summed E-state index contributed by atoms with van der Waals surface area (Å²) < 4.78 is 13.9. The number of halogens is 1. The molecule has 0 unspecified atom stereocenters. The van der Waals surface area contributed by atoms with Gasteiger partial charge in [0.15, 0.2) is 0 Å². The topological polar surface area (TPSA) is 65.2 Å². The molecule has 0 aliphatic carbocycles. The lowest BCUT2D eigenvalue weighted by Crippen LogP contribution is -2.45. The molecule has 1 amide bonds. The van der Waals surface area contributed by atoms with Crippen LogP contribution in [0.1, 0.15) is 18.4 Å². The summed E-state index contributed by atoms with van der Waals surface area (Å²) in [5.41, 5.74) is 2.64. The first kappa shape index (κ1) is 12.1. The van der Waals surface area contributed by atoms with Crippen LogP contribution in [0.3, 0.4) is 0 Å². The van der Waals surface area contributed by atoms with Crippen LogP contribution in [0, 0.1) is 5.82 Å². The highest BCUT2D eigenvalue weighted by molar-refractivity contribution is 6.11. The highest BCUT2D eigenvalue weighted by atomic mass is 19.1. The van der Waals surface area contributed by atoms with Crippen LogP contribution in [0.4, 0.5) is 10.1 Å². The van der Waals surface area contributed by atoms with E-state index in [9.17, 15) is 9.18 Å². The molecule has 22 heavy (non-hydrogen) atoms. The third-order valence-electron chi connectivity index (χ3n) is 5.09. The number of rotatable bonds is 0. The van der Waals surface area contributed by atoms with Gasteiger partial charge in [-0.05, 0) is 42.2 Å². The highest BCUT2D eigenvalue weighted by Crippen LogP contribution is 2.54. The maximum atomic E-state index is 13.9. The predicted molar refractivity (Wildman–Crippen MR) is 79.1 cm³/mol. The first-order valence-electron chi connectivity index (χ1n) is 7.55. The molecule has 4 N–H and O–H groups in total. The van der Waals surface area contributed by atoms with Crippen LogP contribution in [0.5, 0.6) is 0 Å². The largest absolute Gasteiger partial charge is 0.371 e. The Morgan fingerprint density at radius 1 is 1.00 bits per heavy atom. The van der Waals surface area contributed by atoms with Gasteiger partial charge in [0.1, 0.15) is 22.9 Å². The number of carbonyl (C=O) groups is 1. The summed E-state index contributed by atoms with van der Waals surface area (Å²) in [6.07, 6.45) is 1.56. The van der Waals surface area contributed by atoms with Gasteiger partial charge in [-0.3, -0.25) is 4.79 Å². The Kier molecular flexibility index (Phi) is 2.10. The molecule has 5 nitrogen and oxygen atoms in total. The zero-order valence-electron chi connectivity index (χ0n) is 11.8. The van der Waals surface area contributed by atoms with Gasteiger partial charge in [-0.1, -0.05) is 0 Å². The summed E-state index contributed by atoms with van der Waals surface area (Å²) in [6, 6.07) is 4.55. The third-order valence-corrected chi connectivity index (χ3v) is 5.09. The smallest absolute Gasteiger partial charge is 0.243 e. The quantitative estimate of drug-likeness (QED) is 0.578. The van der Waals surface area contributed by atoms with Crippen molar-refractivity contribution in [3.63, 3.8) is 0 Å². The second-order valence-corrected chi connectivity index (χ2v) is 6.08. The fraction of sp³-hybridized carbons (Fsp3) is 0.312. The van der Waals surface area contributed by atoms with E-state index in [4.69, 9.17) is 0 Å². The van der Waals surface area contributed by atoms with Crippen molar-refractivity contribution in [2.45, 2.75) is 18.3 Å². The molecule has 0 bridgehead atoms. The van der Waals surface area contributed by atoms with Gasteiger partial charge in [0.25, 0.3) is 0 Å². The summed E-state index contributed by atoms with van der Waals surface area (Å²) in [7, 11) is 0. The van der Waals surface area contributed by atoms with Crippen LogP contribution >= 0.6 is 0 Å². The molecule has 0 saturated heterocycles. The number of fused-ring (bicyclic) bond motifs is 4. The van der Waals surface area contributed by atoms with Crippen molar-refractivity contribution < 1.29 is 9.18 Å². The Hall–Kier alpha value is -2.50. The summed E-state index contributed by atoms with van der Waals surface area (Å²) in [5, 5.41) is 12.9. The van der Waals surface area contributed by atoms with Gasteiger partial charge in [-0.2, -0.15) is 0 Å². The van der Waals surface area contributed by atoms with Gasteiger partial charge in [0.05, 0.1) is 0 Å². The SMILES string of the molecule is O=C1Nc2ccc(F)cc2C12C1=C(NCC1)NC1=C2CCN1. The van der Waals surface area contributed by atoms with Crippen LogP contribution in [0.2, 0.25) is 0 Å². The fourth-order valence-electron chi connectivity index (χ4n) is 4.26. The van der Waals surface area contributed by atoms with Crippen molar-refractivity contribution in [1.82, 2.24) is 16.0 Å². The molecular weight excluding hydrogens is 283 g/mol. The molecule has 5 rings (SSSR count). The van der Waals surface area contributed by atoms with Gasteiger partial charge in [0, 0.05) is 24.3 Å². The Balaban J connectivity index is 1.86. The van der Waals surface area contributed by atoms with E-state index < -0.39 is 5.41 Å². The third kappa shape index (κ3) is 1.22. The molecule has 112 valence electrons. The average Bonchev–Trinajstić information content (AvgIpc) is 3.19. The van der Waals surface area contributed by atoms with Crippen molar-refractivity contribution in [3.05, 3.63) is 52.4 Å². The molecule has 4 heterocycles. The predicted octanol–water partition coefficient (Wildman–Crippen LogP) is 1.03. The van der Waals surface area contributed by atoms with Crippen molar-refractivity contribution in [2.24, 2.45) is 0 Å². The standard InChI is InChI=1S/C16H15FN4O/c17-8-1-2-12-11(7-8)16(15(22)20-12)9-3-5-18-13(9)21-14-10(16)4-6-19-14/h1-2,7,18-19,21H,3-6H2,(H,20,22). The van der Waals surface area contributed by atoms with E-state index in [2.05, 4.69) is 21.3 Å². The van der Waals surface area contributed by atoms with Crippen LogP contribution in [-0.2, 0) is 10.2 Å². The molecule has 0 fully saturated rings. The van der Waals surface area contributed by atoms with Gasteiger partial charge >= 0.3 is 0 Å². The highest BCUT2D eigenvalue weighted by Gasteiger charge is 2.57. The molecule has 4 aliphatic rings. The first-order chi connectivity index (χ1) is 10.7. The van der Waals surface area contributed by atoms with E-state index in [1.54, 1.807) is 6.07 Å². The summed E-state index contributed by atoms with van der Waals surface area (Å²) in [4.78, 5) is 13.0. The molecule has 0 atom stereocenters. The van der Waals surface area contributed by atoms with Crippen LogP contribution in [-0.4, -0.2) is 19.0 Å². The van der Waals surface area contributed by atoms with Crippen molar-refractivity contribution in [1.29, 1.82) is 0 Å². The lowest BCUT2D eigenvalue weighted by atomic mass is 9.67. The summed E-state index contributed by atoms with van der Waals surface area (Å²) >= 11 is 0. The fourth-order valence-corrected chi connectivity index (χ4v) is 4.26. The monoisotopic (exact) mass is 298 g/mol. The maximum absolute atomic E-state index is 13.9. The number of hydrogen-bond donors (Lipinski definition) is 4. The van der Waals surface area contributed by atoms with E-state index in [1.807, 2.05) is 0 Å². The average molecular weight is 298 g/mol. The van der Waals surface area contributed by atoms with Crippen molar-refractivity contribution in [3.8, 4) is 0 Å².